The van der Waals surface area contributed by atoms with E-state index in [2.05, 4.69) is 9.97 Å². The summed E-state index contributed by atoms with van der Waals surface area (Å²) in [6, 6.07) is 5.23. The van der Waals surface area contributed by atoms with Crippen molar-refractivity contribution in [2.24, 2.45) is 7.05 Å². The Hall–Kier alpha value is -2.57. The molecule has 1 amide bonds. The number of hydrogen-bond acceptors (Lipinski definition) is 4. The van der Waals surface area contributed by atoms with Crippen molar-refractivity contribution in [1.82, 2.24) is 19.4 Å². The Morgan fingerprint density at radius 3 is 2.86 bits per heavy atom. The van der Waals surface area contributed by atoms with Gasteiger partial charge in [0, 0.05) is 37.8 Å². The van der Waals surface area contributed by atoms with Gasteiger partial charge in [-0.25, -0.2) is 4.98 Å². The summed E-state index contributed by atoms with van der Waals surface area (Å²) in [6.07, 6.45) is 0.783. The molecule has 0 saturated carbocycles. The number of anilines is 1. The van der Waals surface area contributed by atoms with E-state index in [0.717, 1.165) is 12.1 Å². The summed E-state index contributed by atoms with van der Waals surface area (Å²) >= 11 is 0. The summed E-state index contributed by atoms with van der Waals surface area (Å²) < 4.78 is 1.89. The number of carbonyl (C=O) groups is 1. The molecule has 1 atom stereocenters. The van der Waals surface area contributed by atoms with Gasteiger partial charge in [0.15, 0.2) is 0 Å². The van der Waals surface area contributed by atoms with E-state index in [4.69, 9.17) is 5.73 Å². The number of rotatable bonds is 2. The van der Waals surface area contributed by atoms with Gasteiger partial charge in [-0.3, -0.25) is 14.6 Å². The van der Waals surface area contributed by atoms with E-state index < -0.39 is 0 Å². The van der Waals surface area contributed by atoms with Crippen LogP contribution in [0.2, 0.25) is 0 Å². The smallest absolute Gasteiger partial charge is 0.270 e. The summed E-state index contributed by atoms with van der Waals surface area (Å²) in [6.45, 7) is 3.17. The number of nitrogens with zero attached hydrogens (tertiary/aromatic N) is 3. The lowest BCUT2D eigenvalue weighted by Crippen LogP contribution is -2.30. The Kier molecular flexibility index (Phi) is 3.48. The fraction of sp³-hybridized carbons (Fsp3) is 0.400. The van der Waals surface area contributed by atoms with Gasteiger partial charge in [0.05, 0.1) is 5.69 Å². The molecule has 116 valence electrons. The highest BCUT2D eigenvalue weighted by Crippen LogP contribution is 2.26. The van der Waals surface area contributed by atoms with Crippen LogP contribution in [0.4, 0.5) is 5.95 Å². The molecular weight excluding hydrogens is 282 g/mol. The molecule has 0 radical (unpaired) electrons. The van der Waals surface area contributed by atoms with E-state index in [1.54, 1.807) is 4.90 Å². The molecule has 0 bridgehead atoms. The Bertz CT molecular complexity index is 776. The minimum absolute atomic E-state index is 0.0101. The Labute approximate surface area is 127 Å². The van der Waals surface area contributed by atoms with Crippen molar-refractivity contribution >= 4 is 11.9 Å². The van der Waals surface area contributed by atoms with Crippen LogP contribution in [0, 0.1) is 6.92 Å². The molecule has 2 aromatic rings. The van der Waals surface area contributed by atoms with E-state index in [1.807, 2.05) is 30.7 Å². The molecule has 1 aliphatic heterocycles. The van der Waals surface area contributed by atoms with Gasteiger partial charge >= 0.3 is 0 Å². The Morgan fingerprint density at radius 2 is 2.23 bits per heavy atom. The highest BCUT2D eigenvalue weighted by atomic mass is 16.2. The van der Waals surface area contributed by atoms with Crippen molar-refractivity contribution in [2.45, 2.75) is 19.3 Å². The first kappa shape index (κ1) is 14.4. The molecule has 2 aromatic heterocycles. The fourth-order valence-corrected chi connectivity index (χ4v) is 2.88. The number of amides is 1. The van der Waals surface area contributed by atoms with E-state index in [0.29, 0.717) is 24.5 Å². The standard InChI is InChI=1S/C15H19N5O2/c1-9-3-4-12(19(9)2)14(22)20-6-5-10(8-20)11-7-13(21)18-15(16)17-11/h3-4,7,10H,5-6,8H2,1-2H3,(H3,16,17,18,21). The maximum Gasteiger partial charge on any atom is 0.270 e. The molecule has 22 heavy (non-hydrogen) atoms. The lowest BCUT2D eigenvalue weighted by atomic mass is 10.1. The number of H-pyrrole nitrogens is 1. The molecule has 1 saturated heterocycles. The average molecular weight is 301 g/mol. The van der Waals surface area contributed by atoms with Crippen LogP contribution in [0.1, 0.15) is 34.2 Å². The van der Waals surface area contributed by atoms with Crippen LogP contribution >= 0.6 is 0 Å². The Balaban J connectivity index is 1.78. The van der Waals surface area contributed by atoms with Crippen LogP contribution in [-0.4, -0.2) is 38.4 Å². The molecule has 1 aliphatic rings. The number of nitrogen functional groups attached to an aromatic ring is 1. The van der Waals surface area contributed by atoms with Crippen molar-refractivity contribution in [3.63, 3.8) is 0 Å². The zero-order chi connectivity index (χ0) is 15.9. The van der Waals surface area contributed by atoms with E-state index >= 15 is 0 Å². The lowest BCUT2D eigenvalue weighted by molar-refractivity contribution is 0.0781. The maximum atomic E-state index is 12.6. The number of hydrogen-bond donors (Lipinski definition) is 2. The number of likely N-dealkylation sites (tertiary alicyclic amines) is 1. The number of aryl methyl sites for hydroxylation is 1. The highest BCUT2D eigenvalue weighted by molar-refractivity contribution is 5.93. The van der Waals surface area contributed by atoms with Gasteiger partial charge in [0.2, 0.25) is 5.95 Å². The molecule has 3 rings (SSSR count). The first-order valence-electron chi connectivity index (χ1n) is 7.24. The SMILES string of the molecule is Cc1ccc(C(=O)N2CCC(c3cc(=O)[nH]c(N)n3)C2)n1C. The van der Waals surface area contributed by atoms with E-state index in [1.165, 1.54) is 6.07 Å². The maximum absolute atomic E-state index is 12.6. The second-order valence-electron chi connectivity index (χ2n) is 5.71. The first-order chi connectivity index (χ1) is 10.5. The molecule has 3 N–H and O–H groups in total. The molecular formula is C15H19N5O2. The number of nitrogens with two attached hydrogens (primary N) is 1. The number of aromatic nitrogens is 3. The van der Waals surface area contributed by atoms with Crippen LogP contribution in [-0.2, 0) is 7.05 Å². The predicted octanol–water partition coefficient (Wildman–Crippen LogP) is 0.629. The zero-order valence-electron chi connectivity index (χ0n) is 12.7. The minimum Gasteiger partial charge on any atom is -0.369 e. The third-order valence-corrected chi connectivity index (χ3v) is 4.27. The van der Waals surface area contributed by atoms with Crippen LogP contribution < -0.4 is 11.3 Å². The monoisotopic (exact) mass is 301 g/mol. The van der Waals surface area contributed by atoms with Crippen molar-refractivity contribution in [3.8, 4) is 0 Å². The predicted molar refractivity (Wildman–Crippen MR) is 82.7 cm³/mol. The van der Waals surface area contributed by atoms with Crippen LogP contribution in [0.3, 0.4) is 0 Å². The van der Waals surface area contributed by atoms with Gasteiger partial charge < -0.3 is 15.2 Å². The molecule has 0 spiro atoms. The summed E-state index contributed by atoms with van der Waals surface area (Å²) in [5, 5.41) is 0. The summed E-state index contributed by atoms with van der Waals surface area (Å²) in [7, 11) is 1.88. The number of carbonyl (C=O) groups excluding carboxylic acids is 1. The van der Waals surface area contributed by atoms with Crippen LogP contribution in [0.5, 0.6) is 0 Å². The van der Waals surface area contributed by atoms with E-state index in [9.17, 15) is 9.59 Å². The molecule has 7 nitrogen and oxygen atoms in total. The van der Waals surface area contributed by atoms with Gasteiger partial charge in [-0.1, -0.05) is 0 Å². The molecule has 0 aromatic carbocycles. The largest absolute Gasteiger partial charge is 0.369 e. The normalized spacial score (nSPS) is 17.9. The van der Waals surface area contributed by atoms with Crippen LogP contribution in [0.15, 0.2) is 23.0 Å². The molecule has 1 fully saturated rings. The molecule has 1 unspecified atom stereocenters. The molecule has 7 heteroatoms. The van der Waals surface area contributed by atoms with Gasteiger partial charge in [-0.2, -0.15) is 0 Å². The third kappa shape index (κ3) is 2.49. The number of nitrogens with one attached hydrogen (secondary N) is 1. The highest BCUT2D eigenvalue weighted by Gasteiger charge is 2.30. The second kappa shape index (κ2) is 5.32. The van der Waals surface area contributed by atoms with Crippen molar-refractivity contribution in [2.75, 3.05) is 18.8 Å². The Morgan fingerprint density at radius 1 is 1.45 bits per heavy atom. The third-order valence-electron chi connectivity index (χ3n) is 4.27. The van der Waals surface area contributed by atoms with Gasteiger partial charge in [-0.15, -0.1) is 0 Å². The lowest BCUT2D eigenvalue weighted by Gasteiger charge is -2.17. The minimum atomic E-state index is -0.259. The van der Waals surface area contributed by atoms with Crippen molar-refractivity contribution < 1.29 is 4.79 Å². The molecule has 0 aliphatic carbocycles. The second-order valence-corrected chi connectivity index (χ2v) is 5.71. The molecule has 3 heterocycles. The fourth-order valence-electron chi connectivity index (χ4n) is 2.88. The zero-order valence-corrected chi connectivity index (χ0v) is 12.7. The number of aromatic amines is 1. The van der Waals surface area contributed by atoms with Gasteiger partial charge in [-0.05, 0) is 25.5 Å². The van der Waals surface area contributed by atoms with Crippen LogP contribution in [0.25, 0.3) is 0 Å². The van der Waals surface area contributed by atoms with Crippen molar-refractivity contribution in [1.29, 1.82) is 0 Å². The summed E-state index contributed by atoms with van der Waals surface area (Å²) in [5.41, 5.74) is 7.70. The van der Waals surface area contributed by atoms with Gasteiger partial charge in [0.1, 0.15) is 5.69 Å². The first-order valence-corrected chi connectivity index (χ1v) is 7.24. The summed E-state index contributed by atoms with van der Waals surface area (Å²) in [4.78, 5) is 32.5. The van der Waals surface area contributed by atoms with Gasteiger partial charge in [0.25, 0.3) is 11.5 Å². The summed E-state index contributed by atoms with van der Waals surface area (Å²) in [5.74, 6) is 0.177. The van der Waals surface area contributed by atoms with E-state index in [-0.39, 0.29) is 23.3 Å². The topological polar surface area (TPSA) is 97.0 Å². The average Bonchev–Trinajstić information content (AvgIpc) is 3.06. The van der Waals surface area contributed by atoms with Crippen molar-refractivity contribution in [3.05, 3.63) is 45.6 Å². The quantitative estimate of drug-likeness (QED) is 0.850.